The Morgan fingerprint density at radius 3 is 2.45 bits per heavy atom. The van der Waals surface area contributed by atoms with Crippen LogP contribution in [0, 0.1) is 6.92 Å². The van der Waals surface area contributed by atoms with Gasteiger partial charge in [-0.05, 0) is 51.6 Å². The summed E-state index contributed by atoms with van der Waals surface area (Å²) in [6, 6.07) is 10.5. The zero-order valence-electron chi connectivity index (χ0n) is 19.0. The van der Waals surface area contributed by atoms with Crippen LogP contribution >= 0.6 is 0 Å². The molecule has 1 saturated heterocycles. The predicted molar refractivity (Wildman–Crippen MR) is 129 cm³/mol. The molecule has 0 radical (unpaired) electrons. The van der Waals surface area contributed by atoms with Crippen LogP contribution in [0.3, 0.4) is 0 Å². The van der Waals surface area contributed by atoms with Crippen LogP contribution in [0.2, 0.25) is 0 Å². The largest absolute Gasteiger partial charge is 0.495 e. The number of H-pyrrole nitrogens is 1. The molecule has 31 heavy (non-hydrogen) atoms. The van der Waals surface area contributed by atoms with E-state index >= 15 is 0 Å². The van der Waals surface area contributed by atoms with Gasteiger partial charge in [0, 0.05) is 43.1 Å². The summed E-state index contributed by atoms with van der Waals surface area (Å²) in [5.74, 6) is 0.763. The molecule has 4 aromatic rings. The lowest BCUT2D eigenvalue weighted by Gasteiger charge is -2.35. The molecule has 1 fully saturated rings. The van der Waals surface area contributed by atoms with Gasteiger partial charge in [-0.15, -0.1) is 0 Å². The zero-order chi connectivity index (χ0) is 21.9. The van der Waals surface area contributed by atoms with Crippen molar-refractivity contribution in [1.82, 2.24) is 14.5 Å². The number of methoxy groups -OCH3 is 1. The molecule has 2 aromatic carbocycles. The molecule has 1 aliphatic heterocycles. The lowest BCUT2D eigenvalue weighted by molar-refractivity contribution is 0.311. The summed E-state index contributed by atoms with van der Waals surface area (Å²) in [4.78, 5) is 22.0. The smallest absolute Gasteiger partial charge is 0.199 e. The molecule has 6 nitrogen and oxygen atoms in total. The van der Waals surface area contributed by atoms with E-state index in [1.807, 2.05) is 6.07 Å². The Labute approximate surface area is 182 Å². The average Bonchev–Trinajstić information content (AvgIpc) is 3.11. The molecule has 0 atom stereocenters. The van der Waals surface area contributed by atoms with Crippen LogP contribution in [-0.4, -0.2) is 54.8 Å². The number of hydrogen-bond acceptors (Lipinski definition) is 4. The molecule has 2 aromatic heterocycles. The molecule has 162 valence electrons. The van der Waals surface area contributed by atoms with Crippen LogP contribution in [0.1, 0.15) is 25.5 Å². The van der Waals surface area contributed by atoms with E-state index < -0.39 is 0 Å². The van der Waals surface area contributed by atoms with Gasteiger partial charge in [-0.2, -0.15) is 0 Å². The highest BCUT2D eigenvalue weighted by Crippen LogP contribution is 2.36. The molecule has 1 aliphatic rings. The molecule has 1 N–H and O–H groups in total. The number of aromatic nitrogens is 2. The maximum Gasteiger partial charge on any atom is 0.199 e. The monoisotopic (exact) mass is 418 g/mol. The summed E-state index contributed by atoms with van der Waals surface area (Å²) in [7, 11) is 3.84. The number of likely N-dealkylation sites (N-methyl/N-ethyl adjacent to an activating group) is 1. The number of fused-ring (bicyclic) bond motifs is 4. The zero-order valence-corrected chi connectivity index (χ0v) is 19.0. The van der Waals surface area contributed by atoms with Crippen LogP contribution in [0.15, 0.2) is 35.1 Å². The van der Waals surface area contributed by atoms with E-state index in [0.717, 1.165) is 65.1 Å². The van der Waals surface area contributed by atoms with Crippen LogP contribution in [0.5, 0.6) is 5.75 Å². The highest BCUT2D eigenvalue weighted by molar-refractivity contribution is 6.10. The van der Waals surface area contributed by atoms with Crippen molar-refractivity contribution in [3.8, 4) is 5.75 Å². The Kier molecular flexibility index (Phi) is 4.70. The number of aryl methyl sites for hydroxylation is 1. The van der Waals surface area contributed by atoms with E-state index in [4.69, 9.17) is 4.74 Å². The third-order valence-corrected chi connectivity index (χ3v) is 6.56. The van der Waals surface area contributed by atoms with Crippen molar-refractivity contribution in [3.63, 3.8) is 0 Å². The van der Waals surface area contributed by atoms with Gasteiger partial charge >= 0.3 is 0 Å². The van der Waals surface area contributed by atoms with Gasteiger partial charge < -0.3 is 24.1 Å². The van der Waals surface area contributed by atoms with E-state index in [1.165, 1.54) is 5.56 Å². The second-order valence-electron chi connectivity index (χ2n) is 9.02. The third-order valence-electron chi connectivity index (χ3n) is 6.56. The van der Waals surface area contributed by atoms with Crippen LogP contribution in [0.4, 0.5) is 5.69 Å². The normalized spacial score (nSPS) is 15.6. The second-order valence-corrected chi connectivity index (χ2v) is 9.02. The Morgan fingerprint density at radius 1 is 1.03 bits per heavy atom. The van der Waals surface area contributed by atoms with E-state index in [1.54, 1.807) is 7.11 Å². The lowest BCUT2D eigenvalue weighted by Crippen LogP contribution is -2.44. The van der Waals surface area contributed by atoms with Crippen LogP contribution < -0.4 is 15.1 Å². The first-order valence-corrected chi connectivity index (χ1v) is 11.0. The molecular formula is C25H30N4O2. The number of anilines is 1. The predicted octanol–water partition coefficient (Wildman–Crippen LogP) is 4.29. The summed E-state index contributed by atoms with van der Waals surface area (Å²) in [5.41, 5.74) is 5.13. The molecule has 3 heterocycles. The SMILES string of the molecule is COc1cc2c(=O)c3c4ccc(C)cc4[nH]c3n(C(C)C)c2cc1N1CCN(C)CC1. The van der Waals surface area contributed by atoms with Gasteiger partial charge in [-0.1, -0.05) is 12.1 Å². The molecule has 0 saturated carbocycles. The Bertz CT molecular complexity index is 1360. The number of nitrogens with one attached hydrogen (secondary N) is 1. The third kappa shape index (κ3) is 3.08. The fraction of sp³-hybridized carbons (Fsp3) is 0.400. The fourth-order valence-electron chi connectivity index (χ4n) is 4.90. The van der Waals surface area contributed by atoms with E-state index in [-0.39, 0.29) is 11.5 Å². The van der Waals surface area contributed by atoms with Gasteiger partial charge in [0.1, 0.15) is 11.4 Å². The molecule has 5 rings (SSSR count). The Morgan fingerprint density at radius 2 is 1.77 bits per heavy atom. The average molecular weight is 419 g/mol. The summed E-state index contributed by atoms with van der Waals surface area (Å²) in [6.45, 7) is 10.3. The number of ether oxygens (including phenoxy) is 1. The fourth-order valence-corrected chi connectivity index (χ4v) is 4.90. The number of nitrogens with zero attached hydrogens (tertiary/aromatic N) is 3. The summed E-state index contributed by atoms with van der Waals surface area (Å²) in [5, 5.41) is 2.44. The quantitative estimate of drug-likeness (QED) is 0.539. The van der Waals surface area contributed by atoms with Gasteiger partial charge in [0.2, 0.25) is 0 Å². The van der Waals surface area contributed by atoms with E-state index in [0.29, 0.717) is 5.39 Å². The van der Waals surface area contributed by atoms with Crippen molar-refractivity contribution in [2.75, 3.05) is 45.2 Å². The first-order valence-electron chi connectivity index (χ1n) is 11.0. The van der Waals surface area contributed by atoms with Gasteiger partial charge in [-0.25, -0.2) is 0 Å². The topological polar surface area (TPSA) is 53.5 Å². The minimum absolute atomic E-state index is 0.0558. The van der Waals surface area contributed by atoms with Crippen molar-refractivity contribution < 1.29 is 4.74 Å². The summed E-state index contributed by atoms with van der Waals surface area (Å²) >= 11 is 0. The van der Waals surface area contributed by atoms with Crippen LogP contribution in [-0.2, 0) is 0 Å². The minimum atomic E-state index is 0.0558. The van der Waals surface area contributed by atoms with Gasteiger partial charge in [0.25, 0.3) is 0 Å². The summed E-state index contributed by atoms with van der Waals surface area (Å²) < 4.78 is 8.04. The molecule has 0 aliphatic carbocycles. The number of rotatable bonds is 3. The number of aromatic amines is 1. The van der Waals surface area contributed by atoms with E-state index in [2.05, 4.69) is 71.4 Å². The lowest BCUT2D eigenvalue weighted by atomic mass is 10.1. The van der Waals surface area contributed by atoms with Gasteiger partial charge in [0.05, 0.1) is 29.1 Å². The summed E-state index contributed by atoms with van der Waals surface area (Å²) in [6.07, 6.45) is 0. The number of piperazine rings is 1. The number of pyridine rings is 1. The van der Waals surface area contributed by atoms with Crippen molar-refractivity contribution in [2.45, 2.75) is 26.8 Å². The van der Waals surface area contributed by atoms with E-state index in [9.17, 15) is 4.79 Å². The van der Waals surface area contributed by atoms with Crippen molar-refractivity contribution >= 4 is 38.5 Å². The molecule has 0 amide bonds. The standard InChI is InChI=1S/C25H30N4O2/c1-15(2)29-20-14-21(28-10-8-27(4)9-11-28)22(31-5)13-18(20)24(30)23-17-7-6-16(3)12-19(17)26-25(23)29/h6-7,12-15,26H,8-11H2,1-5H3. The molecule has 0 spiro atoms. The van der Waals surface area contributed by atoms with Crippen molar-refractivity contribution in [3.05, 3.63) is 46.1 Å². The highest BCUT2D eigenvalue weighted by atomic mass is 16.5. The van der Waals surface area contributed by atoms with Crippen LogP contribution in [0.25, 0.3) is 32.8 Å². The maximum atomic E-state index is 13.7. The first-order chi connectivity index (χ1) is 14.9. The number of hydrogen-bond donors (Lipinski definition) is 1. The van der Waals surface area contributed by atoms with Crippen molar-refractivity contribution in [2.24, 2.45) is 0 Å². The first kappa shape index (κ1) is 19.9. The molecule has 0 unspecified atom stereocenters. The second kappa shape index (κ2) is 7.31. The Hall–Kier alpha value is -2.99. The Balaban J connectivity index is 1.87. The molecule has 6 heteroatoms. The van der Waals surface area contributed by atoms with Gasteiger partial charge in [-0.3, -0.25) is 4.79 Å². The maximum absolute atomic E-state index is 13.7. The highest BCUT2D eigenvalue weighted by Gasteiger charge is 2.23. The van der Waals surface area contributed by atoms with Gasteiger partial charge in [0.15, 0.2) is 5.43 Å². The molecular weight excluding hydrogens is 388 g/mol. The number of benzene rings is 2. The van der Waals surface area contributed by atoms with Crippen molar-refractivity contribution in [1.29, 1.82) is 0 Å². The minimum Gasteiger partial charge on any atom is -0.495 e. The molecule has 0 bridgehead atoms.